The minimum absolute atomic E-state index is 0.00766. The molecule has 0 spiro atoms. The lowest BCUT2D eigenvalue weighted by Crippen LogP contribution is -2.35. The second-order valence-electron chi connectivity index (χ2n) is 6.59. The van der Waals surface area contributed by atoms with Crippen LogP contribution in [0.3, 0.4) is 0 Å². The Kier molecular flexibility index (Phi) is 6.91. The number of carbonyl (C=O) groups excluding carboxylic acids is 1. The Labute approximate surface area is 150 Å². The van der Waals surface area contributed by atoms with Gasteiger partial charge in [0.05, 0.1) is 12.3 Å². The Morgan fingerprint density at radius 1 is 0.960 bits per heavy atom. The molecule has 0 amide bonds. The maximum atomic E-state index is 12.4. The molecular weight excluding hydrogens is 334 g/mol. The molecule has 2 aromatic rings. The summed E-state index contributed by atoms with van der Waals surface area (Å²) in [5.74, 6) is 0.00316. The summed E-state index contributed by atoms with van der Waals surface area (Å²) < 4.78 is 27.3. The summed E-state index contributed by atoms with van der Waals surface area (Å²) in [6.07, 6.45) is 0.700. The Morgan fingerprint density at radius 3 is 2.08 bits per heavy atom. The minimum Gasteiger partial charge on any atom is -0.293 e. The van der Waals surface area contributed by atoms with Crippen molar-refractivity contribution < 1.29 is 13.2 Å². The quantitative estimate of drug-likeness (QED) is 0.699. The van der Waals surface area contributed by atoms with E-state index in [-0.39, 0.29) is 29.9 Å². The van der Waals surface area contributed by atoms with Gasteiger partial charge < -0.3 is 0 Å². The molecule has 2 aromatic carbocycles. The van der Waals surface area contributed by atoms with E-state index in [1.807, 2.05) is 50.2 Å². The molecule has 0 aliphatic rings. The summed E-state index contributed by atoms with van der Waals surface area (Å²) in [5, 5.41) is 0. The molecule has 0 bridgehead atoms. The fourth-order valence-electron chi connectivity index (χ4n) is 2.65. The lowest BCUT2D eigenvalue weighted by molar-refractivity contribution is 0.0997. The van der Waals surface area contributed by atoms with E-state index in [1.54, 1.807) is 24.3 Å². The molecule has 0 radical (unpaired) electrons. The van der Waals surface area contributed by atoms with Gasteiger partial charge in [0.2, 0.25) is 10.0 Å². The highest BCUT2D eigenvalue weighted by Crippen LogP contribution is 2.19. The fourth-order valence-corrected chi connectivity index (χ4v) is 4.18. The molecule has 2 rings (SSSR count). The van der Waals surface area contributed by atoms with Crippen molar-refractivity contribution in [1.82, 2.24) is 4.72 Å². The normalized spacial score (nSPS) is 12.9. The molecule has 1 atom stereocenters. The number of hydrogen-bond donors (Lipinski definition) is 1. The molecule has 5 heteroatoms. The summed E-state index contributed by atoms with van der Waals surface area (Å²) in [7, 11) is -3.52. The number of Topliss-reactive ketones (excluding diaryl/α,β-unsaturated/α-hetero) is 1. The van der Waals surface area contributed by atoms with Crippen molar-refractivity contribution >= 4 is 15.8 Å². The first-order chi connectivity index (χ1) is 11.9. The average Bonchev–Trinajstić information content (AvgIpc) is 2.60. The molecule has 1 N–H and O–H groups in total. The van der Waals surface area contributed by atoms with Gasteiger partial charge in [0.25, 0.3) is 0 Å². The SMILES string of the molecule is CC(C)C(Cc1ccccc1)CS(=O)(=O)NCC(=O)c1ccccc1. The average molecular weight is 359 g/mol. The van der Waals surface area contributed by atoms with Crippen LogP contribution in [0.1, 0.15) is 29.8 Å². The van der Waals surface area contributed by atoms with Crippen LogP contribution >= 0.6 is 0 Å². The molecule has 25 heavy (non-hydrogen) atoms. The second kappa shape index (κ2) is 8.92. The molecule has 0 fully saturated rings. The minimum atomic E-state index is -3.52. The van der Waals surface area contributed by atoms with E-state index in [0.29, 0.717) is 12.0 Å². The molecule has 0 saturated heterocycles. The number of hydrogen-bond acceptors (Lipinski definition) is 3. The van der Waals surface area contributed by atoms with Crippen LogP contribution in [0, 0.1) is 11.8 Å². The Hall–Kier alpha value is -1.98. The van der Waals surface area contributed by atoms with Gasteiger partial charge in [0.1, 0.15) is 0 Å². The topological polar surface area (TPSA) is 63.2 Å². The molecule has 0 saturated carbocycles. The van der Waals surface area contributed by atoms with Gasteiger partial charge in [-0.15, -0.1) is 0 Å². The first kappa shape index (κ1) is 19.3. The van der Waals surface area contributed by atoms with E-state index in [9.17, 15) is 13.2 Å². The van der Waals surface area contributed by atoms with E-state index < -0.39 is 10.0 Å². The fraction of sp³-hybridized carbons (Fsp3) is 0.350. The third kappa shape index (κ3) is 6.44. The van der Waals surface area contributed by atoms with E-state index in [1.165, 1.54) is 0 Å². The lowest BCUT2D eigenvalue weighted by Gasteiger charge is -2.21. The first-order valence-corrected chi connectivity index (χ1v) is 10.1. The van der Waals surface area contributed by atoms with Crippen LogP contribution in [0.25, 0.3) is 0 Å². The van der Waals surface area contributed by atoms with Crippen LogP contribution in [-0.4, -0.2) is 26.5 Å². The van der Waals surface area contributed by atoms with Gasteiger partial charge in [0.15, 0.2) is 5.78 Å². The van der Waals surface area contributed by atoms with Gasteiger partial charge in [0, 0.05) is 5.56 Å². The molecule has 1 unspecified atom stereocenters. The van der Waals surface area contributed by atoms with Gasteiger partial charge in [-0.25, -0.2) is 13.1 Å². The van der Waals surface area contributed by atoms with Crippen LogP contribution in [0.15, 0.2) is 60.7 Å². The highest BCUT2D eigenvalue weighted by molar-refractivity contribution is 7.89. The summed E-state index contributed by atoms with van der Waals surface area (Å²) in [6.45, 7) is 3.85. The van der Waals surface area contributed by atoms with Crippen molar-refractivity contribution in [2.45, 2.75) is 20.3 Å². The smallest absolute Gasteiger partial charge is 0.212 e. The predicted molar refractivity (Wildman–Crippen MR) is 101 cm³/mol. The number of carbonyl (C=O) groups is 1. The Morgan fingerprint density at radius 2 is 1.52 bits per heavy atom. The van der Waals surface area contributed by atoms with Crippen LogP contribution in [-0.2, 0) is 16.4 Å². The number of ketones is 1. The lowest BCUT2D eigenvalue weighted by atomic mass is 9.91. The van der Waals surface area contributed by atoms with Crippen LogP contribution in [0.2, 0.25) is 0 Å². The zero-order valence-electron chi connectivity index (χ0n) is 14.7. The van der Waals surface area contributed by atoms with Crippen molar-refractivity contribution in [3.8, 4) is 0 Å². The Bertz CT molecular complexity index is 771. The zero-order valence-corrected chi connectivity index (χ0v) is 15.5. The third-order valence-corrected chi connectivity index (χ3v) is 5.72. The monoisotopic (exact) mass is 359 g/mol. The molecule has 0 heterocycles. The predicted octanol–water partition coefficient (Wildman–Crippen LogP) is 3.30. The van der Waals surface area contributed by atoms with Crippen molar-refractivity contribution in [3.05, 3.63) is 71.8 Å². The largest absolute Gasteiger partial charge is 0.293 e. The number of rotatable bonds is 9. The van der Waals surface area contributed by atoms with Gasteiger partial charge in [-0.3, -0.25) is 4.79 Å². The summed E-state index contributed by atoms with van der Waals surface area (Å²) in [5.41, 5.74) is 1.63. The highest BCUT2D eigenvalue weighted by Gasteiger charge is 2.23. The maximum absolute atomic E-state index is 12.4. The van der Waals surface area contributed by atoms with Crippen molar-refractivity contribution in [3.63, 3.8) is 0 Å². The van der Waals surface area contributed by atoms with Gasteiger partial charge in [-0.1, -0.05) is 74.5 Å². The molecule has 0 aromatic heterocycles. The number of nitrogens with one attached hydrogen (secondary N) is 1. The van der Waals surface area contributed by atoms with Crippen molar-refractivity contribution in [2.75, 3.05) is 12.3 Å². The standard InChI is InChI=1S/C20H25NO3S/c1-16(2)19(13-17-9-5-3-6-10-17)15-25(23,24)21-14-20(22)18-11-7-4-8-12-18/h3-12,16,19,21H,13-15H2,1-2H3. The van der Waals surface area contributed by atoms with Gasteiger partial charge >= 0.3 is 0 Å². The summed E-state index contributed by atoms with van der Waals surface area (Å²) >= 11 is 0. The van der Waals surface area contributed by atoms with Crippen LogP contribution in [0.4, 0.5) is 0 Å². The van der Waals surface area contributed by atoms with Gasteiger partial charge in [-0.05, 0) is 23.8 Å². The summed E-state index contributed by atoms with van der Waals surface area (Å²) in [4.78, 5) is 12.1. The molecule has 0 aliphatic heterocycles. The van der Waals surface area contributed by atoms with Crippen LogP contribution < -0.4 is 4.72 Å². The highest BCUT2D eigenvalue weighted by atomic mass is 32.2. The number of sulfonamides is 1. The van der Waals surface area contributed by atoms with E-state index in [4.69, 9.17) is 0 Å². The zero-order chi connectivity index (χ0) is 18.3. The summed E-state index contributed by atoms with van der Waals surface area (Å²) in [6, 6.07) is 18.6. The second-order valence-corrected chi connectivity index (χ2v) is 8.44. The molecule has 0 aliphatic carbocycles. The third-order valence-electron chi connectivity index (χ3n) is 4.27. The van der Waals surface area contributed by atoms with Crippen molar-refractivity contribution in [2.24, 2.45) is 11.8 Å². The van der Waals surface area contributed by atoms with Gasteiger partial charge in [-0.2, -0.15) is 0 Å². The molecule has 134 valence electrons. The maximum Gasteiger partial charge on any atom is 0.212 e. The van der Waals surface area contributed by atoms with Crippen molar-refractivity contribution in [1.29, 1.82) is 0 Å². The Balaban J connectivity index is 1.96. The number of benzene rings is 2. The van der Waals surface area contributed by atoms with Crippen LogP contribution in [0.5, 0.6) is 0 Å². The van der Waals surface area contributed by atoms with E-state index in [0.717, 1.165) is 5.56 Å². The first-order valence-electron chi connectivity index (χ1n) is 8.47. The van der Waals surface area contributed by atoms with E-state index in [2.05, 4.69) is 4.72 Å². The molecular formula is C20H25NO3S. The van der Waals surface area contributed by atoms with E-state index >= 15 is 0 Å². The molecule has 4 nitrogen and oxygen atoms in total.